The molecule has 1 N–H and O–H groups in total. The summed E-state index contributed by atoms with van der Waals surface area (Å²) in [6, 6.07) is 0. The molecule has 0 aromatic heterocycles. The molecule has 0 amide bonds. The number of nitrogens with zero attached hydrogens (tertiary/aromatic N) is 1. The van der Waals surface area contributed by atoms with Gasteiger partial charge in [0.05, 0.1) is 0 Å². The zero-order valence-electron chi connectivity index (χ0n) is 5.81. The summed E-state index contributed by atoms with van der Waals surface area (Å²) in [6.07, 6.45) is 0. The highest BCUT2D eigenvalue weighted by atomic mass is 16.3. The second-order valence-electron chi connectivity index (χ2n) is 1.89. The van der Waals surface area contributed by atoms with Crippen molar-refractivity contribution in [3.05, 3.63) is 24.6 Å². The minimum Gasteiger partial charge on any atom is -0.494 e. The van der Waals surface area contributed by atoms with Crippen LogP contribution in [0.4, 0.5) is 0 Å². The van der Waals surface area contributed by atoms with Crippen molar-refractivity contribution >= 4 is 5.71 Å². The molecular weight excluding hydrogens is 114 g/mol. The minimum absolute atomic E-state index is 0.171. The number of allylic oxidation sites excluding steroid dienone is 1. The summed E-state index contributed by atoms with van der Waals surface area (Å²) in [5, 5.41) is 8.55. The van der Waals surface area contributed by atoms with E-state index in [0.29, 0.717) is 5.71 Å². The third-order valence-corrected chi connectivity index (χ3v) is 0.914. The van der Waals surface area contributed by atoms with Crippen molar-refractivity contribution in [2.24, 2.45) is 4.99 Å². The third-order valence-electron chi connectivity index (χ3n) is 0.914. The number of hydrogen-bond acceptors (Lipinski definition) is 2. The summed E-state index contributed by atoms with van der Waals surface area (Å²) in [7, 11) is 0. The van der Waals surface area contributed by atoms with E-state index >= 15 is 0 Å². The van der Waals surface area contributed by atoms with E-state index in [1.807, 2.05) is 6.92 Å². The Bertz CT molecular complexity index is 168. The van der Waals surface area contributed by atoms with Gasteiger partial charge in [-0.2, -0.15) is 0 Å². The van der Waals surface area contributed by atoms with Gasteiger partial charge in [0.2, 0.25) is 5.88 Å². The molecule has 9 heavy (non-hydrogen) atoms. The standard InChI is InChI=1S/C7H11NO/c1-5(2)6(3)8-7(4)9/h9H,1,4H2,2-3H3/b8-6-. The van der Waals surface area contributed by atoms with Crippen molar-refractivity contribution in [1.29, 1.82) is 0 Å². The van der Waals surface area contributed by atoms with Gasteiger partial charge in [0.1, 0.15) is 0 Å². The number of aliphatic imine (C=N–C) groups is 1. The normalized spacial score (nSPS) is 11.1. The first kappa shape index (κ1) is 7.95. The number of hydrogen-bond donors (Lipinski definition) is 1. The molecule has 0 saturated carbocycles. The van der Waals surface area contributed by atoms with Gasteiger partial charge in [-0.3, -0.25) is 0 Å². The van der Waals surface area contributed by atoms with Crippen LogP contribution >= 0.6 is 0 Å². The number of aliphatic hydroxyl groups excluding tert-OH is 1. The third kappa shape index (κ3) is 3.53. The maximum Gasteiger partial charge on any atom is 0.203 e. The molecule has 50 valence electrons. The molecule has 2 heteroatoms. The molecule has 0 unspecified atom stereocenters. The Hall–Kier alpha value is -1.05. The van der Waals surface area contributed by atoms with E-state index in [2.05, 4.69) is 18.2 Å². The van der Waals surface area contributed by atoms with Crippen LogP contribution in [0, 0.1) is 0 Å². The molecule has 0 saturated heterocycles. The average molecular weight is 125 g/mol. The Kier molecular flexibility index (Phi) is 2.71. The highest BCUT2D eigenvalue weighted by Crippen LogP contribution is 1.95. The molecule has 0 aliphatic heterocycles. The molecular formula is C7H11NO. The summed E-state index contributed by atoms with van der Waals surface area (Å²) in [6.45, 7) is 10.4. The van der Waals surface area contributed by atoms with Crippen LogP contribution in [-0.4, -0.2) is 10.8 Å². The van der Waals surface area contributed by atoms with Crippen molar-refractivity contribution in [2.45, 2.75) is 13.8 Å². The highest BCUT2D eigenvalue weighted by Gasteiger charge is 1.89. The van der Waals surface area contributed by atoms with Crippen molar-refractivity contribution in [2.75, 3.05) is 0 Å². The summed E-state index contributed by atoms with van der Waals surface area (Å²) >= 11 is 0. The number of rotatable bonds is 2. The predicted molar refractivity (Wildman–Crippen MR) is 39.7 cm³/mol. The Morgan fingerprint density at radius 1 is 1.33 bits per heavy atom. The van der Waals surface area contributed by atoms with Crippen molar-refractivity contribution in [3.63, 3.8) is 0 Å². The van der Waals surface area contributed by atoms with Crippen molar-refractivity contribution in [1.82, 2.24) is 0 Å². The minimum atomic E-state index is -0.171. The maximum absolute atomic E-state index is 8.55. The molecule has 0 fully saturated rings. The highest BCUT2D eigenvalue weighted by molar-refractivity contribution is 5.97. The van der Waals surface area contributed by atoms with Gasteiger partial charge < -0.3 is 5.11 Å². The van der Waals surface area contributed by atoms with Gasteiger partial charge in [0, 0.05) is 5.71 Å². The first-order chi connectivity index (χ1) is 4.04. The lowest BCUT2D eigenvalue weighted by atomic mass is 10.2. The van der Waals surface area contributed by atoms with Crippen molar-refractivity contribution in [3.8, 4) is 0 Å². The Balaban J connectivity index is 4.17. The summed E-state index contributed by atoms with van der Waals surface area (Å²) < 4.78 is 0. The van der Waals surface area contributed by atoms with Gasteiger partial charge in [-0.1, -0.05) is 6.58 Å². The largest absolute Gasteiger partial charge is 0.494 e. The van der Waals surface area contributed by atoms with Crippen LogP contribution in [0.5, 0.6) is 0 Å². The van der Waals surface area contributed by atoms with E-state index in [-0.39, 0.29) is 5.88 Å². The molecule has 2 nitrogen and oxygen atoms in total. The fourth-order valence-electron chi connectivity index (χ4n) is 0.289. The molecule has 0 atom stereocenters. The summed E-state index contributed by atoms with van der Waals surface area (Å²) in [4.78, 5) is 3.66. The lowest BCUT2D eigenvalue weighted by Gasteiger charge is -1.94. The van der Waals surface area contributed by atoms with Crippen LogP contribution in [0.15, 0.2) is 29.6 Å². The Morgan fingerprint density at radius 2 is 1.78 bits per heavy atom. The maximum atomic E-state index is 8.55. The second-order valence-corrected chi connectivity index (χ2v) is 1.89. The van der Waals surface area contributed by atoms with Crippen LogP contribution in [0.3, 0.4) is 0 Å². The van der Waals surface area contributed by atoms with Crippen LogP contribution in [0.2, 0.25) is 0 Å². The van der Waals surface area contributed by atoms with Crippen LogP contribution in [0.1, 0.15) is 13.8 Å². The van der Waals surface area contributed by atoms with Gasteiger partial charge in [-0.25, -0.2) is 4.99 Å². The monoisotopic (exact) mass is 125 g/mol. The molecule has 0 heterocycles. The van der Waals surface area contributed by atoms with Gasteiger partial charge in [0.15, 0.2) is 0 Å². The van der Waals surface area contributed by atoms with E-state index in [0.717, 1.165) is 5.57 Å². The van der Waals surface area contributed by atoms with Gasteiger partial charge >= 0.3 is 0 Å². The molecule has 0 aliphatic rings. The van der Waals surface area contributed by atoms with E-state index in [1.54, 1.807) is 6.92 Å². The molecule has 0 spiro atoms. The fourth-order valence-corrected chi connectivity index (χ4v) is 0.289. The van der Waals surface area contributed by atoms with Gasteiger partial charge in [-0.05, 0) is 26.0 Å². The summed E-state index contributed by atoms with van der Waals surface area (Å²) in [5.41, 5.74) is 1.55. The average Bonchev–Trinajstić information content (AvgIpc) is 1.63. The Labute approximate surface area is 55.2 Å². The zero-order chi connectivity index (χ0) is 7.44. The van der Waals surface area contributed by atoms with Gasteiger partial charge in [-0.15, -0.1) is 0 Å². The van der Waals surface area contributed by atoms with Crippen LogP contribution in [0.25, 0.3) is 0 Å². The Morgan fingerprint density at radius 3 is 1.89 bits per heavy atom. The first-order valence-corrected chi connectivity index (χ1v) is 2.63. The van der Waals surface area contributed by atoms with E-state index < -0.39 is 0 Å². The molecule has 0 rings (SSSR count). The lowest BCUT2D eigenvalue weighted by Crippen LogP contribution is -1.91. The molecule has 0 aliphatic carbocycles. The van der Waals surface area contributed by atoms with E-state index in [9.17, 15) is 0 Å². The van der Waals surface area contributed by atoms with Crippen LogP contribution in [-0.2, 0) is 0 Å². The van der Waals surface area contributed by atoms with E-state index in [4.69, 9.17) is 5.11 Å². The lowest BCUT2D eigenvalue weighted by molar-refractivity contribution is 0.410. The number of aliphatic hydroxyl groups is 1. The first-order valence-electron chi connectivity index (χ1n) is 2.63. The quantitative estimate of drug-likeness (QED) is 0.444. The fraction of sp³-hybridized carbons (Fsp3) is 0.286. The molecule has 0 aromatic carbocycles. The molecule has 0 bridgehead atoms. The smallest absolute Gasteiger partial charge is 0.203 e. The van der Waals surface area contributed by atoms with Crippen molar-refractivity contribution < 1.29 is 5.11 Å². The van der Waals surface area contributed by atoms with E-state index in [1.165, 1.54) is 0 Å². The molecule has 0 radical (unpaired) electrons. The molecule has 0 aromatic rings. The predicted octanol–water partition coefficient (Wildman–Crippen LogP) is 2.05. The summed E-state index contributed by atoms with van der Waals surface area (Å²) in [5.74, 6) is -0.171. The SMILES string of the molecule is C=C(O)/N=C(/C)C(=C)C. The zero-order valence-corrected chi connectivity index (χ0v) is 5.81. The topological polar surface area (TPSA) is 32.6 Å². The van der Waals surface area contributed by atoms with Crippen LogP contribution < -0.4 is 0 Å². The second kappa shape index (κ2) is 3.07. The van der Waals surface area contributed by atoms with Gasteiger partial charge in [0.25, 0.3) is 0 Å².